The van der Waals surface area contributed by atoms with Gasteiger partial charge in [-0.25, -0.2) is 0 Å². The Morgan fingerprint density at radius 2 is 2.27 bits per heavy atom. The molecule has 2 aliphatic carbocycles. The van der Waals surface area contributed by atoms with Crippen LogP contribution in [0.1, 0.15) is 51.9 Å². The highest BCUT2D eigenvalue weighted by atomic mass is 16.5. The molecule has 22 heavy (non-hydrogen) atoms. The lowest BCUT2D eigenvalue weighted by atomic mass is 9.85. The van der Waals surface area contributed by atoms with Crippen molar-refractivity contribution in [1.29, 1.82) is 5.26 Å². The summed E-state index contributed by atoms with van der Waals surface area (Å²) in [5, 5.41) is 12.6. The molecule has 0 spiro atoms. The molecule has 2 bridgehead atoms. The van der Waals surface area contributed by atoms with Crippen molar-refractivity contribution in [2.24, 2.45) is 5.92 Å². The van der Waals surface area contributed by atoms with Crippen LogP contribution in [0.5, 0.6) is 0 Å². The zero-order valence-electron chi connectivity index (χ0n) is 13.5. The van der Waals surface area contributed by atoms with Crippen LogP contribution in [-0.2, 0) is 9.53 Å². The predicted molar refractivity (Wildman–Crippen MR) is 83.1 cm³/mol. The quantitative estimate of drug-likeness (QED) is 0.841. The van der Waals surface area contributed by atoms with E-state index in [2.05, 4.69) is 18.3 Å². The van der Waals surface area contributed by atoms with E-state index in [1.54, 1.807) is 4.90 Å². The summed E-state index contributed by atoms with van der Waals surface area (Å²) in [6, 6.07) is 2.41. The number of hydrogen-bond acceptors (Lipinski definition) is 4. The van der Waals surface area contributed by atoms with Crippen molar-refractivity contribution in [1.82, 2.24) is 10.2 Å². The van der Waals surface area contributed by atoms with Gasteiger partial charge in [0.05, 0.1) is 18.2 Å². The summed E-state index contributed by atoms with van der Waals surface area (Å²) in [6.07, 6.45) is 7.57. The molecule has 4 atom stereocenters. The number of hydrogen-bond donors (Lipinski definition) is 1. The lowest BCUT2D eigenvalue weighted by Gasteiger charge is -2.32. The van der Waals surface area contributed by atoms with Crippen molar-refractivity contribution in [3.8, 4) is 6.07 Å². The van der Waals surface area contributed by atoms with Crippen LogP contribution in [0.15, 0.2) is 0 Å². The number of nitriles is 1. The van der Waals surface area contributed by atoms with Gasteiger partial charge in [0.2, 0.25) is 5.91 Å². The third-order valence-electron chi connectivity index (χ3n) is 5.69. The van der Waals surface area contributed by atoms with Gasteiger partial charge in [0, 0.05) is 19.2 Å². The highest BCUT2D eigenvalue weighted by molar-refractivity contribution is 5.79. The second-order valence-corrected chi connectivity index (χ2v) is 7.04. The number of ether oxygens (including phenoxy) is 1. The monoisotopic (exact) mass is 305 g/mol. The molecular formula is C17H27N3O2. The molecule has 0 aromatic rings. The third kappa shape index (κ3) is 3.00. The molecule has 1 saturated heterocycles. The number of nitrogens with zero attached hydrogens (tertiary/aromatic N) is 2. The fourth-order valence-corrected chi connectivity index (χ4v) is 4.72. The minimum absolute atomic E-state index is 0.0568. The molecule has 0 aromatic heterocycles. The van der Waals surface area contributed by atoms with Crippen molar-refractivity contribution < 1.29 is 9.53 Å². The molecule has 1 heterocycles. The van der Waals surface area contributed by atoms with E-state index in [0.717, 1.165) is 45.3 Å². The predicted octanol–water partition coefficient (Wildman–Crippen LogP) is 1.83. The summed E-state index contributed by atoms with van der Waals surface area (Å²) < 4.78 is 6.05. The molecule has 3 aliphatic rings. The zero-order chi connectivity index (χ0) is 15.6. The highest BCUT2D eigenvalue weighted by Crippen LogP contribution is 2.47. The summed E-state index contributed by atoms with van der Waals surface area (Å²) in [6.45, 7) is 3.94. The molecule has 3 unspecified atom stereocenters. The first kappa shape index (κ1) is 15.8. The van der Waals surface area contributed by atoms with E-state index in [1.807, 2.05) is 0 Å². The van der Waals surface area contributed by atoms with Crippen molar-refractivity contribution in [3.63, 3.8) is 0 Å². The lowest BCUT2D eigenvalue weighted by molar-refractivity contribution is -0.130. The van der Waals surface area contributed by atoms with Crippen LogP contribution in [0, 0.1) is 17.2 Å². The van der Waals surface area contributed by atoms with E-state index >= 15 is 0 Å². The van der Waals surface area contributed by atoms with Crippen LogP contribution in [0.25, 0.3) is 0 Å². The third-order valence-corrected chi connectivity index (χ3v) is 5.69. The molecule has 1 amide bonds. The van der Waals surface area contributed by atoms with Gasteiger partial charge in [-0.2, -0.15) is 5.26 Å². The van der Waals surface area contributed by atoms with Gasteiger partial charge in [0.1, 0.15) is 6.04 Å². The van der Waals surface area contributed by atoms with Crippen molar-refractivity contribution in [2.45, 2.75) is 69.6 Å². The molecule has 1 N–H and O–H groups in total. The Bertz CT molecular complexity index is 457. The number of fused-ring (bicyclic) bond motifs is 2. The first-order valence-corrected chi connectivity index (χ1v) is 8.74. The van der Waals surface area contributed by atoms with E-state index in [0.29, 0.717) is 18.5 Å². The van der Waals surface area contributed by atoms with E-state index in [-0.39, 0.29) is 17.6 Å². The molecule has 2 saturated carbocycles. The summed E-state index contributed by atoms with van der Waals surface area (Å²) >= 11 is 0. The summed E-state index contributed by atoms with van der Waals surface area (Å²) in [4.78, 5) is 14.1. The van der Waals surface area contributed by atoms with Gasteiger partial charge >= 0.3 is 0 Å². The largest absolute Gasteiger partial charge is 0.375 e. The maximum absolute atomic E-state index is 12.4. The number of amides is 1. The van der Waals surface area contributed by atoms with Gasteiger partial charge in [-0.15, -0.1) is 0 Å². The Morgan fingerprint density at radius 1 is 1.41 bits per heavy atom. The molecule has 0 radical (unpaired) electrons. The molecule has 1 aliphatic heterocycles. The number of rotatable bonds is 5. The van der Waals surface area contributed by atoms with Gasteiger partial charge in [0.15, 0.2) is 0 Å². The van der Waals surface area contributed by atoms with Gasteiger partial charge in [-0.3, -0.25) is 4.79 Å². The fraction of sp³-hybridized carbons (Fsp3) is 0.882. The molecule has 0 aromatic carbocycles. The van der Waals surface area contributed by atoms with Gasteiger partial charge < -0.3 is 15.0 Å². The average molecular weight is 305 g/mol. The SMILES string of the molecule is CCOC12CCCC(C1)C(NCC(=O)N1CCC[C@H]1C#N)C2. The Hall–Kier alpha value is -1.12. The van der Waals surface area contributed by atoms with Gasteiger partial charge in [-0.05, 0) is 51.4 Å². The van der Waals surface area contributed by atoms with E-state index in [1.165, 1.54) is 12.8 Å². The molecular weight excluding hydrogens is 278 g/mol. The second-order valence-electron chi connectivity index (χ2n) is 7.04. The Morgan fingerprint density at radius 3 is 3.05 bits per heavy atom. The Labute approximate surface area is 133 Å². The van der Waals surface area contributed by atoms with Crippen molar-refractivity contribution >= 4 is 5.91 Å². The first-order chi connectivity index (χ1) is 10.7. The first-order valence-electron chi connectivity index (χ1n) is 8.74. The molecule has 122 valence electrons. The Balaban J connectivity index is 1.54. The lowest BCUT2D eigenvalue weighted by Crippen LogP contribution is -2.44. The minimum Gasteiger partial charge on any atom is -0.375 e. The number of carbonyl (C=O) groups excluding carboxylic acids is 1. The second kappa shape index (κ2) is 6.55. The smallest absolute Gasteiger partial charge is 0.237 e. The normalized spacial score (nSPS) is 37.3. The van der Waals surface area contributed by atoms with Crippen LogP contribution in [0.2, 0.25) is 0 Å². The number of carbonyl (C=O) groups is 1. The summed E-state index contributed by atoms with van der Waals surface area (Å²) in [5.41, 5.74) is 0.0568. The van der Waals surface area contributed by atoms with E-state index < -0.39 is 0 Å². The summed E-state index contributed by atoms with van der Waals surface area (Å²) in [5.74, 6) is 0.717. The van der Waals surface area contributed by atoms with Crippen molar-refractivity contribution in [2.75, 3.05) is 19.7 Å². The Kier molecular flexibility index (Phi) is 4.70. The van der Waals surface area contributed by atoms with Crippen LogP contribution in [-0.4, -0.2) is 48.2 Å². The minimum atomic E-state index is -0.216. The topological polar surface area (TPSA) is 65.4 Å². The van der Waals surface area contributed by atoms with Gasteiger partial charge in [0.25, 0.3) is 0 Å². The van der Waals surface area contributed by atoms with E-state index in [4.69, 9.17) is 10.00 Å². The van der Waals surface area contributed by atoms with Gasteiger partial charge in [-0.1, -0.05) is 6.42 Å². The molecule has 3 rings (SSSR count). The maximum atomic E-state index is 12.4. The molecule has 3 fully saturated rings. The zero-order valence-corrected chi connectivity index (χ0v) is 13.5. The standard InChI is InChI=1S/C17H27N3O2/c1-2-22-17-7-3-5-13(9-17)15(10-17)19-12-16(21)20-8-4-6-14(20)11-18/h13-15,19H,2-10,12H2,1H3/t13?,14-,15?,17?/m0/s1. The van der Waals surface area contributed by atoms with Crippen molar-refractivity contribution in [3.05, 3.63) is 0 Å². The van der Waals surface area contributed by atoms with Crippen LogP contribution in [0.3, 0.4) is 0 Å². The summed E-state index contributed by atoms with van der Waals surface area (Å²) in [7, 11) is 0. The van der Waals surface area contributed by atoms with Crippen LogP contribution in [0.4, 0.5) is 0 Å². The number of nitrogens with one attached hydrogen (secondary N) is 1. The molecule has 5 heteroatoms. The van der Waals surface area contributed by atoms with E-state index in [9.17, 15) is 4.79 Å². The highest BCUT2D eigenvalue weighted by Gasteiger charge is 2.48. The maximum Gasteiger partial charge on any atom is 0.237 e. The average Bonchev–Trinajstić information content (AvgIpc) is 3.08. The van der Waals surface area contributed by atoms with Crippen LogP contribution < -0.4 is 5.32 Å². The molecule has 5 nitrogen and oxygen atoms in total. The van der Waals surface area contributed by atoms with Crippen LogP contribution >= 0.6 is 0 Å². The number of likely N-dealkylation sites (tertiary alicyclic amines) is 1. The fourth-order valence-electron chi connectivity index (χ4n) is 4.72.